The lowest BCUT2D eigenvalue weighted by atomic mass is 10.1. The van der Waals surface area contributed by atoms with Gasteiger partial charge in [0.2, 0.25) is 5.13 Å². The van der Waals surface area contributed by atoms with Gasteiger partial charge in [0, 0.05) is 6.42 Å². The second-order valence-electron chi connectivity index (χ2n) is 4.51. The molecule has 0 bridgehead atoms. The Balaban J connectivity index is 2.02. The van der Waals surface area contributed by atoms with Crippen LogP contribution >= 0.6 is 23.6 Å². The zero-order valence-corrected chi connectivity index (χ0v) is 14.0. The molecule has 9 heteroatoms. The quantitative estimate of drug-likeness (QED) is 0.548. The Morgan fingerprint density at radius 3 is 2.74 bits per heavy atom. The highest BCUT2D eigenvalue weighted by atomic mass is 32.1. The van der Waals surface area contributed by atoms with Crippen LogP contribution in [0.25, 0.3) is 0 Å². The van der Waals surface area contributed by atoms with Gasteiger partial charge in [-0.05, 0) is 24.7 Å². The number of aromatic nitrogens is 2. The molecule has 1 aromatic carbocycles. The number of rotatable bonds is 6. The third-order valence-corrected chi connectivity index (χ3v) is 3.82. The number of esters is 1. The van der Waals surface area contributed by atoms with E-state index in [1.54, 1.807) is 6.92 Å². The minimum absolute atomic E-state index is 0.244. The molecule has 0 spiro atoms. The number of ether oxygens (including phenoxy) is 1. The van der Waals surface area contributed by atoms with E-state index < -0.39 is 18.0 Å². The second-order valence-corrected chi connectivity index (χ2v) is 6.18. The largest absolute Gasteiger partial charge is 0.464 e. The molecule has 1 unspecified atom stereocenters. The molecule has 0 saturated heterocycles. The van der Waals surface area contributed by atoms with Crippen molar-refractivity contribution in [2.45, 2.75) is 19.4 Å². The summed E-state index contributed by atoms with van der Waals surface area (Å²) in [5.41, 5.74) is 0.918. The molecule has 0 aliphatic heterocycles. The van der Waals surface area contributed by atoms with E-state index in [0.29, 0.717) is 15.5 Å². The van der Waals surface area contributed by atoms with Crippen LogP contribution in [0, 0.1) is 3.95 Å². The molecule has 122 valence electrons. The van der Waals surface area contributed by atoms with Gasteiger partial charge in [-0.2, -0.15) is 0 Å². The van der Waals surface area contributed by atoms with Gasteiger partial charge in [-0.15, -0.1) is 5.10 Å². The third kappa shape index (κ3) is 5.46. The predicted molar refractivity (Wildman–Crippen MR) is 90.0 cm³/mol. The SMILES string of the molecule is CCOC(=O)C(Cc1ccccc1)NC(=O)Nc1n[nH]c(=S)s1. The number of H-pyrrole nitrogens is 1. The molecule has 0 radical (unpaired) electrons. The van der Waals surface area contributed by atoms with Crippen molar-refractivity contribution in [3.8, 4) is 0 Å². The number of hydrogen-bond acceptors (Lipinski definition) is 6. The lowest BCUT2D eigenvalue weighted by Gasteiger charge is -2.17. The smallest absolute Gasteiger partial charge is 0.329 e. The summed E-state index contributed by atoms with van der Waals surface area (Å²) < 4.78 is 5.46. The Morgan fingerprint density at radius 1 is 1.39 bits per heavy atom. The molecule has 1 aromatic heterocycles. The van der Waals surface area contributed by atoms with Gasteiger partial charge in [0.25, 0.3) is 0 Å². The fourth-order valence-corrected chi connectivity index (χ4v) is 2.65. The molecule has 3 N–H and O–H groups in total. The maximum absolute atomic E-state index is 12.0. The summed E-state index contributed by atoms with van der Waals surface area (Å²) in [5, 5.41) is 11.8. The number of benzene rings is 1. The normalized spacial score (nSPS) is 11.5. The maximum atomic E-state index is 12.0. The summed E-state index contributed by atoms with van der Waals surface area (Å²) in [5.74, 6) is -0.485. The van der Waals surface area contributed by atoms with E-state index in [4.69, 9.17) is 17.0 Å². The molecule has 23 heavy (non-hydrogen) atoms. The molecule has 0 aliphatic rings. The minimum atomic E-state index is -0.788. The Morgan fingerprint density at radius 2 is 2.13 bits per heavy atom. The van der Waals surface area contributed by atoms with E-state index in [1.807, 2.05) is 30.3 Å². The first kappa shape index (κ1) is 17.1. The summed E-state index contributed by atoms with van der Waals surface area (Å²) in [6.45, 7) is 1.96. The maximum Gasteiger partial charge on any atom is 0.329 e. The number of carbonyl (C=O) groups excluding carboxylic acids is 2. The van der Waals surface area contributed by atoms with E-state index in [2.05, 4.69) is 20.8 Å². The molecule has 1 heterocycles. The Labute approximate surface area is 142 Å². The minimum Gasteiger partial charge on any atom is -0.464 e. The van der Waals surface area contributed by atoms with Gasteiger partial charge in [-0.3, -0.25) is 10.4 Å². The summed E-state index contributed by atoms with van der Waals surface area (Å²) in [6, 6.07) is 8.05. The van der Waals surface area contributed by atoms with Gasteiger partial charge < -0.3 is 10.1 Å². The zero-order valence-electron chi connectivity index (χ0n) is 12.4. The molecule has 0 saturated carbocycles. The average molecular weight is 352 g/mol. The second kappa shape index (κ2) is 8.39. The zero-order chi connectivity index (χ0) is 16.7. The first-order chi connectivity index (χ1) is 11.1. The molecule has 1 atom stereocenters. The molecule has 2 aromatic rings. The van der Waals surface area contributed by atoms with Crippen molar-refractivity contribution in [3.63, 3.8) is 0 Å². The standard InChI is InChI=1S/C14H16N4O3S2/c1-2-21-11(19)10(8-9-6-4-3-5-7-9)15-12(20)16-13-17-18-14(22)23-13/h3-7,10H,2,8H2,1H3,(H,18,22)(H2,15,16,17,20). The molecule has 7 nitrogen and oxygen atoms in total. The summed E-state index contributed by atoms with van der Waals surface area (Å²) >= 11 is 6.02. The Kier molecular flexibility index (Phi) is 6.24. The highest BCUT2D eigenvalue weighted by molar-refractivity contribution is 7.73. The van der Waals surface area contributed by atoms with Crippen LogP contribution in [0.1, 0.15) is 12.5 Å². The monoisotopic (exact) mass is 352 g/mol. The number of nitrogens with one attached hydrogen (secondary N) is 3. The lowest BCUT2D eigenvalue weighted by Crippen LogP contribution is -2.45. The molecule has 2 amide bonds. The Hall–Kier alpha value is -2.26. The van der Waals surface area contributed by atoms with Gasteiger partial charge in [0.05, 0.1) is 6.61 Å². The first-order valence-electron chi connectivity index (χ1n) is 6.92. The fraction of sp³-hybridized carbons (Fsp3) is 0.286. The molecule has 0 aliphatic carbocycles. The van der Waals surface area contributed by atoms with Gasteiger partial charge >= 0.3 is 12.0 Å². The van der Waals surface area contributed by atoms with Crippen LogP contribution in [-0.4, -0.2) is 34.8 Å². The van der Waals surface area contributed by atoms with Crippen molar-refractivity contribution in [1.29, 1.82) is 0 Å². The van der Waals surface area contributed by atoms with Gasteiger partial charge in [0.1, 0.15) is 6.04 Å². The van der Waals surface area contributed by atoms with Crippen molar-refractivity contribution < 1.29 is 14.3 Å². The van der Waals surface area contributed by atoms with Crippen LogP contribution in [0.15, 0.2) is 30.3 Å². The topological polar surface area (TPSA) is 96.1 Å². The molecular weight excluding hydrogens is 336 g/mol. The van der Waals surface area contributed by atoms with Crippen LogP contribution in [0.2, 0.25) is 0 Å². The van der Waals surface area contributed by atoms with E-state index in [1.165, 1.54) is 0 Å². The van der Waals surface area contributed by atoms with Crippen LogP contribution in [0.5, 0.6) is 0 Å². The summed E-state index contributed by atoms with van der Waals surface area (Å²) in [6.07, 6.45) is 0.337. The van der Waals surface area contributed by atoms with Crippen LogP contribution in [0.4, 0.5) is 9.93 Å². The first-order valence-corrected chi connectivity index (χ1v) is 8.14. The summed E-state index contributed by atoms with van der Waals surface area (Å²) in [7, 11) is 0. The fourth-order valence-electron chi connectivity index (χ4n) is 1.86. The number of carbonyl (C=O) groups is 2. The predicted octanol–water partition coefficient (Wildman–Crippen LogP) is 2.50. The molecule has 0 fully saturated rings. The van der Waals surface area contributed by atoms with Crippen molar-refractivity contribution in [3.05, 3.63) is 39.8 Å². The van der Waals surface area contributed by atoms with Crippen LogP contribution in [-0.2, 0) is 16.0 Å². The van der Waals surface area contributed by atoms with E-state index >= 15 is 0 Å². The third-order valence-electron chi connectivity index (χ3n) is 2.82. The number of anilines is 1. The average Bonchev–Trinajstić information content (AvgIpc) is 2.93. The Bertz CT molecular complexity index is 714. The number of amides is 2. The molecule has 2 rings (SSSR count). The van der Waals surface area contributed by atoms with Gasteiger partial charge in [-0.25, -0.2) is 9.59 Å². The van der Waals surface area contributed by atoms with Gasteiger partial charge in [-0.1, -0.05) is 41.7 Å². The highest BCUT2D eigenvalue weighted by Crippen LogP contribution is 2.11. The van der Waals surface area contributed by atoms with Crippen molar-refractivity contribution in [2.75, 3.05) is 11.9 Å². The number of hydrogen-bond donors (Lipinski definition) is 3. The molecular formula is C14H16N4O3S2. The van der Waals surface area contributed by atoms with E-state index in [9.17, 15) is 9.59 Å². The van der Waals surface area contributed by atoms with E-state index in [0.717, 1.165) is 16.9 Å². The van der Waals surface area contributed by atoms with Gasteiger partial charge in [0.15, 0.2) is 3.95 Å². The number of urea groups is 1. The van der Waals surface area contributed by atoms with Crippen LogP contribution < -0.4 is 10.6 Å². The lowest BCUT2D eigenvalue weighted by molar-refractivity contribution is -0.145. The van der Waals surface area contributed by atoms with Crippen molar-refractivity contribution in [2.24, 2.45) is 0 Å². The number of nitrogens with zero attached hydrogens (tertiary/aromatic N) is 1. The highest BCUT2D eigenvalue weighted by Gasteiger charge is 2.22. The van der Waals surface area contributed by atoms with E-state index in [-0.39, 0.29) is 6.61 Å². The van der Waals surface area contributed by atoms with Crippen molar-refractivity contribution in [1.82, 2.24) is 15.5 Å². The summed E-state index contributed by atoms with van der Waals surface area (Å²) in [4.78, 5) is 24.1. The van der Waals surface area contributed by atoms with Crippen molar-refractivity contribution >= 4 is 40.7 Å². The van der Waals surface area contributed by atoms with Crippen LogP contribution in [0.3, 0.4) is 0 Å². The number of aromatic amines is 1.